The highest BCUT2D eigenvalue weighted by atomic mass is 16.7. The minimum Gasteiger partial charge on any atom is -0.389 e. The Kier molecular flexibility index (Phi) is 4.41. The Morgan fingerprint density at radius 3 is 2.54 bits per heavy atom. The van der Waals surface area contributed by atoms with Crippen molar-refractivity contribution < 1.29 is 14.6 Å². The van der Waals surface area contributed by atoms with Crippen molar-refractivity contribution in [1.29, 1.82) is 0 Å². The van der Waals surface area contributed by atoms with E-state index >= 15 is 0 Å². The summed E-state index contributed by atoms with van der Waals surface area (Å²) in [6, 6.07) is 0. The minimum atomic E-state index is -0.680. The van der Waals surface area contributed by atoms with E-state index in [-0.39, 0.29) is 5.41 Å². The second-order valence-corrected chi connectivity index (χ2v) is 11.4. The lowest BCUT2D eigenvalue weighted by Gasteiger charge is -2.63. The zero-order valence-electron chi connectivity index (χ0n) is 18.4. The number of aliphatic hydroxyl groups is 1. The Labute approximate surface area is 171 Å². The normalized spacial score (nSPS) is 56.0. The molecule has 3 nitrogen and oxygen atoms in total. The van der Waals surface area contributed by atoms with Gasteiger partial charge in [0.25, 0.3) is 0 Å². The van der Waals surface area contributed by atoms with E-state index in [0.717, 1.165) is 57.2 Å². The molecule has 6 atom stereocenters. The summed E-state index contributed by atoms with van der Waals surface area (Å²) in [5.41, 5.74) is 1.35. The van der Waals surface area contributed by atoms with Gasteiger partial charge in [0, 0.05) is 24.2 Å². The number of ether oxygens (including phenoxy) is 2. The van der Waals surface area contributed by atoms with E-state index < -0.39 is 11.4 Å². The van der Waals surface area contributed by atoms with Gasteiger partial charge in [-0.15, -0.1) is 0 Å². The van der Waals surface area contributed by atoms with E-state index in [1.807, 2.05) is 0 Å². The predicted octanol–water partition coefficient (Wildman–Crippen LogP) is 5.47. The summed E-state index contributed by atoms with van der Waals surface area (Å²) < 4.78 is 12.5. The zero-order valence-corrected chi connectivity index (χ0v) is 18.4. The lowest BCUT2D eigenvalue weighted by Crippen LogP contribution is -2.64. The second-order valence-electron chi connectivity index (χ2n) is 11.4. The molecule has 5 aliphatic rings. The molecule has 0 amide bonds. The Morgan fingerprint density at radius 2 is 1.82 bits per heavy atom. The summed E-state index contributed by atoms with van der Waals surface area (Å²) in [7, 11) is 0. The third kappa shape index (κ3) is 2.45. The van der Waals surface area contributed by atoms with Crippen LogP contribution in [-0.4, -0.2) is 29.7 Å². The van der Waals surface area contributed by atoms with Gasteiger partial charge >= 0.3 is 0 Å². The van der Waals surface area contributed by atoms with Crippen molar-refractivity contribution >= 4 is 0 Å². The topological polar surface area (TPSA) is 38.7 Å². The van der Waals surface area contributed by atoms with Crippen molar-refractivity contribution in [3.8, 4) is 0 Å². The molecule has 1 N–H and O–H groups in total. The molecule has 158 valence electrons. The van der Waals surface area contributed by atoms with E-state index in [4.69, 9.17) is 9.47 Å². The van der Waals surface area contributed by atoms with Crippen molar-refractivity contribution in [1.82, 2.24) is 0 Å². The zero-order chi connectivity index (χ0) is 19.8. The maximum absolute atomic E-state index is 12.1. The Morgan fingerprint density at radius 1 is 1.07 bits per heavy atom. The average Bonchev–Trinajstić information content (AvgIpc) is 2.99. The maximum Gasteiger partial charge on any atom is 0.171 e. The molecule has 0 bridgehead atoms. The Bertz CT molecular complexity index is 663. The monoisotopic (exact) mass is 388 g/mol. The van der Waals surface area contributed by atoms with Crippen molar-refractivity contribution in [3.63, 3.8) is 0 Å². The van der Waals surface area contributed by atoms with Crippen molar-refractivity contribution in [3.05, 3.63) is 11.6 Å². The molecule has 3 saturated carbocycles. The fourth-order valence-electron chi connectivity index (χ4n) is 8.18. The molecule has 1 saturated heterocycles. The van der Waals surface area contributed by atoms with Gasteiger partial charge in [-0.05, 0) is 68.1 Å². The smallest absolute Gasteiger partial charge is 0.171 e. The summed E-state index contributed by atoms with van der Waals surface area (Å²) in [6.07, 6.45) is 12.3. The molecule has 28 heavy (non-hydrogen) atoms. The minimum absolute atomic E-state index is 0.0654. The number of rotatable bonds is 1. The second kappa shape index (κ2) is 6.31. The van der Waals surface area contributed by atoms with E-state index in [9.17, 15) is 5.11 Å². The van der Waals surface area contributed by atoms with Crippen LogP contribution >= 0.6 is 0 Å². The fourth-order valence-corrected chi connectivity index (χ4v) is 8.18. The van der Waals surface area contributed by atoms with Crippen LogP contribution in [0.5, 0.6) is 0 Å². The Hall–Kier alpha value is -0.380. The average molecular weight is 389 g/mol. The van der Waals surface area contributed by atoms with Crippen LogP contribution in [0, 0.1) is 34.5 Å². The lowest BCUT2D eigenvalue weighted by atomic mass is 9.45. The highest BCUT2D eigenvalue weighted by Gasteiger charge is 2.65. The van der Waals surface area contributed by atoms with E-state index in [0.29, 0.717) is 23.7 Å². The number of hydrogen-bond donors (Lipinski definition) is 1. The summed E-state index contributed by atoms with van der Waals surface area (Å²) in [5, 5.41) is 12.1. The molecule has 5 rings (SSSR count). The standard InChI is InChI=1S/C25H40O3/c1-5-23-12-13-25(27-14-17(2)15-28-25)16-24(23,26)11-8-19-20-7-6-18(3)22(20,4)10-9-21(19)23/h9,17-20,26H,5-8,10-16H2,1-4H3. The first kappa shape index (κ1) is 19.6. The SMILES string of the molecule is CCC12CCC3(CC1(O)CCC1C2=CCC2(C)C(C)CCC12)OCC(C)CO3. The van der Waals surface area contributed by atoms with Crippen LogP contribution in [-0.2, 0) is 9.47 Å². The molecule has 4 aliphatic carbocycles. The van der Waals surface area contributed by atoms with Gasteiger partial charge in [0.05, 0.1) is 18.8 Å². The largest absolute Gasteiger partial charge is 0.389 e. The molecule has 0 aromatic rings. The first-order valence-corrected chi connectivity index (χ1v) is 12.0. The molecule has 6 unspecified atom stereocenters. The van der Waals surface area contributed by atoms with Crippen LogP contribution in [0.15, 0.2) is 11.6 Å². The first-order chi connectivity index (χ1) is 13.3. The molecule has 0 radical (unpaired) electrons. The third-order valence-electron chi connectivity index (χ3n) is 10.2. The molecular formula is C25H40O3. The highest BCUT2D eigenvalue weighted by Crippen LogP contribution is 2.68. The summed E-state index contributed by atoms with van der Waals surface area (Å²) in [5.74, 6) is 2.24. The van der Waals surface area contributed by atoms with Crippen LogP contribution in [0.3, 0.4) is 0 Å². The van der Waals surface area contributed by atoms with Gasteiger partial charge in [-0.25, -0.2) is 0 Å². The molecule has 1 spiro atoms. The number of allylic oxidation sites excluding steroid dienone is 1. The highest BCUT2D eigenvalue weighted by molar-refractivity contribution is 5.33. The van der Waals surface area contributed by atoms with Crippen molar-refractivity contribution in [2.45, 2.75) is 96.9 Å². The summed E-state index contributed by atoms with van der Waals surface area (Å²) in [6.45, 7) is 11.0. The molecule has 1 heterocycles. The van der Waals surface area contributed by atoms with Crippen LogP contribution in [0.25, 0.3) is 0 Å². The lowest BCUT2D eigenvalue weighted by molar-refractivity contribution is -0.332. The number of hydrogen-bond acceptors (Lipinski definition) is 3. The van der Waals surface area contributed by atoms with Crippen LogP contribution in [0.4, 0.5) is 0 Å². The quantitative estimate of drug-likeness (QED) is 0.605. The molecule has 4 fully saturated rings. The van der Waals surface area contributed by atoms with Crippen molar-refractivity contribution in [2.75, 3.05) is 13.2 Å². The summed E-state index contributed by atoms with van der Waals surface area (Å²) >= 11 is 0. The van der Waals surface area contributed by atoms with Gasteiger partial charge in [0.2, 0.25) is 0 Å². The van der Waals surface area contributed by atoms with Crippen molar-refractivity contribution in [2.24, 2.45) is 34.5 Å². The number of fused-ring (bicyclic) bond motifs is 5. The van der Waals surface area contributed by atoms with Crippen LogP contribution in [0.1, 0.15) is 85.5 Å². The van der Waals surface area contributed by atoms with Gasteiger partial charge in [0.15, 0.2) is 5.79 Å². The van der Waals surface area contributed by atoms with Gasteiger partial charge in [-0.2, -0.15) is 0 Å². The molecular weight excluding hydrogens is 348 g/mol. The predicted molar refractivity (Wildman–Crippen MR) is 111 cm³/mol. The van der Waals surface area contributed by atoms with Gasteiger partial charge in [0.1, 0.15) is 0 Å². The Balaban J connectivity index is 1.49. The first-order valence-electron chi connectivity index (χ1n) is 12.0. The van der Waals surface area contributed by atoms with Gasteiger partial charge in [-0.3, -0.25) is 0 Å². The molecule has 3 heteroatoms. The van der Waals surface area contributed by atoms with E-state index in [1.165, 1.54) is 19.3 Å². The van der Waals surface area contributed by atoms with Gasteiger partial charge < -0.3 is 14.6 Å². The van der Waals surface area contributed by atoms with E-state index in [2.05, 4.69) is 33.8 Å². The maximum atomic E-state index is 12.1. The molecule has 0 aromatic carbocycles. The van der Waals surface area contributed by atoms with Crippen LogP contribution in [0.2, 0.25) is 0 Å². The molecule has 1 aliphatic heterocycles. The third-order valence-corrected chi connectivity index (χ3v) is 10.2. The van der Waals surface area contributed by atoms with Gasteiger partial charge in [-0.1, -0.05) is 39.3 Å². The summed E-state index contributed by atoms with van der Waals surface area (Å²) in [4.78, 5) is 0. The molecule has 0 aromatic heterocycles. The van der Waals surface area contributed by atoms with Crippen LogP contribution < -0.4 is 0 Å². The fraction of sp³-hybridized carbons (Fsp3) is 0.920. The van der Waals surface area contributed by atoms with E-state index in [1.54, 1.807) is 5.57 Å².